The summed E-state index contributed by atoms with van der Waals surface area (Å²) in [7, 11) is 3.26. The van der Waals surface area contributed by atoms with Gasteiger partial charge >= 0.3 is 6.03 Å². The summed E-state index contributed by atoms with van der Waals surface area (Å²) in [6.45, 7) is 2.44. The van der Waals surface area contributed by atoms with E-state index in [0.29, 0.717) is 43.5 Å². The topological polar surface area (TPSA) is 69.3 Å². The molecule has 0 bridgehead atoms. The van der Waals surface area contributed by atoms with Crippen molar-refractivity contribution in [2.75, 3.05) is 52.6 Å². The lowest BCUT2D eigenvalue weighted by Gasteiger charge is -2.22. The average Bonchev–Trinajstić information content (AvgIpc) is 2.98. The van der Waals surface area contributed by atoms with Gasteiger partial charge in [0.15, 0.2) is 11.5 Å². The predicted octanol–water partition coefficient (Wildman–Crippen LogP) is 1.93. The van der Waals surface area contributed by atoms with Crippen molar-refractivity contribution in [1.29, 1.82) is 0 Å². The maximum atomic E-state index is 12.4. The SMILES string of the molecule is COCCCN(CCOC)C(=O)Nc1ccc2c(c1)OCO2. The lowest BCUT2D eigenvalue weighted by molar-refractivity contribution is 0.143. The number of carbonyl (C=O) groups is 1. The van der Waals surface area contributed by atoms with Crippen LogP contribution >= 0.6 is 0 Å². The highest BCUT2D eigenvalue weighted by Gasteiger charge is 2.16. The molecule has 0 atom stereocenters. The number of carbonyl (C=O) groups excluding carboxylic acids is 1. The van der Waals surface area contributed by atoms with Gasteiger partial charge in [0.25, 0.3) is 0 Å². The van der Waals surface area contributed by atoms with Crippen molar-refractivity contribution in [3.8, 4) is 11.5 Å². The minimum Gasteiger partial charge on any atom is -0.454 e. The normalized spacial score (nSPS) is 12.3. The highest BCUT2D eigenvalue weighted by molar-refractivity contribution is 5.89. The fourth-order valence-corrected chi connectivity index (χ4v) is 2.09. The molecule has 0 unspecified atom stereocenters. The van der Waals surface area contributed by atoms with Gasteiger partial charge in [0, 0.05) is 45.7 Å². The fraction of sp³-hybridized carbons (Fsp3) is 0.533. The van der Waals surface area contributed by atoms with E-state index >= 15 is 0 Å². The van der Waals surface area contributed by atoms with Gasteiger partial charge in [-0.1, -0.05) is 0 Å². The van der Waals surface area contributed by atoms with E-state index < -0.39 is 0 Å². The standard InChI is InChI=1S/C15H22N2O5/c1-19-8-3-6-17(7-9-20-2)15(18)16-12-4-5-13-14(10-12)22-11-21-13/h4-5,10H,3,6-9,11H2,1-2H3,(H,16,18). The van der Waals surface area contributed by atoms with Gasteiger partial charge in [-0.15, -0.1) is 0 Å². The Morgan fingerprint density at radius 2 is 1.95 bits per heavy atom. The summed E-state index contributed by atoms with van der Waals surface area (Å²) < 4.78 is 20.6. The van der Waals surface area contributed by atoms with Crippen molar-refractivity contribution in [2.24, 2.45) is 0 Å². The first-order valence-electron chi connectivity index (χ1n) is 7.18. The van der Waals surface area contributed by atoms with Crippen LogP contribution in [0.25, 0.3) is 0 Å². The number of benzene rings is 1. The van der Waals surface area contributed by atoms with Crippen LogP contribution in [-0.2, 0) is 9.47 Å². The van der Waals surface area contributed by atoms with Crippen LogP contribution in [0.5, 0.6) is 11.5 Å². The van der Waals surface area contributed by atoms with E-state index in [2.05, 4.69) is 5.32 Å². The van der Waals surface area contributed by atoms with Crippen LogP contribution in [0, 0.1) is 0 Å². The first-order chi connectivity index (χ1) is 10.7. The molecular weight excluding hydrogens is 288 g/mol. The fourth-order valence-electron chi connectivity index (χ4n) is 2.09. The lowest BCUT2D eigenvalue weighted by Crippen LogP contribution is -2.38. The molecule has 0 aliphatic carbocycles. The monoisotopic (exact) mass is 310 g/mol. The Morgan fingerprint density at radius 3 is 2.73 bits per heavy atom. The average molecular weight is 310 g/mol. The Balaban J connectivity index is 1.93. The first kappa shape index (κ1) is 16.4. The molecule has 1 N–H and O–H groups in total. The van der Waals surface area contributed by atoms with Gasteiger partial charge in [-0.2, -0.15) is 0 Å². The molecule has 1 heterocycles. The molecule has 0 aromatic heterocycles. The van der Waals surface area contributed by atoms with Crippen LogP contribution in [-0.4, -0.2) is 58.2 Å². The summed E-state index contributed by atoms with van der Waals surface area (Å²) in [5, 5.41) is 2.86. The number of amides is 2. The minimum absolute atomic E-state index is 0.174. The molecule has 0 saturated carbocycles. The summed E-state index contributed by atoms with van der Waals surface area (Å²) in [6, 6.07) is 5.15. The summed E-state index contributed by atoms with van der Waals surface area (Å²) in [6.07, 6.45) is 0.773. The van der Waals surface area contributed by atoms with E-state index in [4.69, 9.17) is 18.9 Å². The number of nitrogens with zero attached hydrogens (tertiary/aromatic N) is 1. The van der Waals surface area contributed by atoms with Crippen LogP contribution in [0.4, 0.5) is 10.5 Å². The molecule has 1 aliphatic heterocycles. The van der Waals surface area contributed by atoms with E-state index in [1.165, 1.54) is 0 Å². The largest absolute Gasteiger partial charge is 0.454 e. The molecule has 0 radical (unpaired) electrons. The molecule has 0 saturated heterocycles. The summed E-state index contributed by atoms with van der Waals surface area (Å²) in [4.78, 5) is 14.1. The predicted molar refractivity (Wildman–Crippen MR) is 81.5 cm³/mol. The van der Waals surface area contributed by atoms with Crippen molar-refractivity contribution < 1.29 is 23.7 Å². The van der Waals surface area contributed by atoms with Crippen molar-refractivity contribution in [2.45, 2.75) is 6.42 Å². The summed E-state index contributed by atoms with van der Waals surface area (Å²) >= 11 is 0. The third-order valence-electron chi connectivity index (χ3n) is 3.25. The van der Waals surface area contributed by atoms with Gasteiger partial charge in [0.05, 0.1) is 6.61 Å². The Kier molecular flexibility index (Phi) is 6.29. The summed E-state index contributed by atoms with van der Waals surface area (Å²) in [5.41, 5.74) is 0.670. The zero-order valence-corrected chi connectivity index (χ0v) is 13.0. The number of fused-ring (bicyclic) bond motifs is 1. The highest BCUT2D eigenvalue weighted by Crippen LogP contribution is 2.34. The van der Waals surface area contributed by atoms with Crippen LogP contribution in [0.3, 0.4) is 0 Å². The number of anilines is 1. The molecule has 22 heavy (non-hydrogen) atoms. The zero-order valence-electron chi connectivity index (χ0n) is 13.0. The van der Waals surface area contributed by atoms with Gasteiger partial charge in [-0.25, -0.2) is 4.79 Å². The summed E-state index contributed by atoms with van der Waals surface area (Å²) in [5.74, 6) is 1.33. The second-order valence-electron chi connectivity index (χ2n) is 4.82. The second kappa shape index (κ2) is 8.45. The molecule has 1 aromatic rings. The zero-order chi connectivity index (χ0) is 15.8. The minimum atomic E-state index is -0.174. The Morgan fingerprint density at radius 1 is 1.18 bits per heavy atom. The van der Waals surface area contributed by atoms with Gasteiger partial charge in [0.1, 0.15) is 0 Å². The molecule has 0 fully saturated rings. The van der Waals surface area contributed by atoms with Gasteiger partial charge in [0.2, 0.25) is 6.79 Å². The molecule has 7 nitrogen and oxygen atoms in total. The molecule has 2 rings (SSSR count). The maximum absolute atomic E-state index is 12.4. The Bertz CT molecular complexity index is 495. The molecule has 7 heteroatoms. The maximum Gasteiger partial charge on any atom is 0.321 e. The second-order valence-corrected chi connectivity index (χ2v) is 4.82. The van der Waals surface area contributed by atoms with Gasteiger partial charge in [-0.05, 0) is 18.6 Å². The smallest absolute Gasteiger partial charge is 0.321 e. The Labute approximate surface area is 130 Å². The number of ether oxygens (including phenoxy) is 4. The van der Waals surface area contributed by atoms with Crippen LogP contribution in [0.1, 0.15) is 6.42 Å². The quantitative estimate of drug-likeness (QED) is 0.743. The molecule has 2 amide bonds. The number of hydrogen-bond donors (Lipinski definition) is 1. The van der Waals surface area contributed by atoms with Crippen LogP contribution in [0.15, 0.2) is 18.2 Å². The number of rotatable bonds is 8. The molecule has 1 aliphatic rings. The van der Waals surface area contributed by atoms with E-state index in [0.717, 1.165) is 6.42 Å². The van der Waals surface area contributed by atoms with Crippen molar-refractivity contribution in [1.82, 2.24) is 4.90 Å². The number of hydrogen-bond acceptors (Lipinski definition) is 5. The van der Waals surface area contributed by atoms with E-state index in [1.54, 1.807) is 37.3 Å². The number of methoxy groups -OCH3 is 2. The van der Waals surface area contributed by atoms with Crippen molar-refractivity contribution in [3.05, 3.63) is 18.2 Å². The van der Waals surface area contributed by atoms with Crippen LogP contribution < -0.4 is 14.8 Å². The molecule has 122 valence electrons. The molecular formula is C15H22N2O5. The highest BCUT2D eigenvalue weighted by atomic mass is 16.7. The molecule has 1 aromatic carbocycles. The van der Waals surface area contributed by atoms with Crippen molar-refractivity contribution >= 4 is 11.7 Å². The number of nitrogens with one attached hydrogen (secondary N) is 1. The number of urea groups is 1. The first-order valence-corrected chi connectivity index (χ1v) is 7.18. The van der Waals surface area contributed by atoms with E-state index in [-0.39, 0.29) is 12.8 Å². The lowest BCUT2D eigenvalue weighted by atomic mass is 10.3. The third kappa shape index (κ3) is 4.51. The van der Waals surface area contributed by atoms with E-state index in [1.807, 2.05) is 0 Å². The molecule has 0 spiro atoms. The van der Waals surface area contributed by atoms with Crippen LogP contribution in [0.2, 0.25) is 0 Å². The van der Waals surface area contributed by atoms with Crippen molar-refractivity contribution in [3.63, 3.8) is 0 Å². The third-order valence-corrected chi connectivity index (χ3v) is 3.25. The Hall–Kier alpha value is -1.99. The van der Waals surface area contributed by atoms with E-state index in [9.17, 15) is 4.79 Å². The van der Waals surface area contributed by atoms with Gasteiger partial charge in [-0.3, -0.25) is 0 Å². The van der Waals surface area contributed by atoms with Gasteiger partial charge < -0.3 is 29.2 Å².